The average molecular weight is 438 g/mol. The van der Waals surface area contributed by atoms with Gasteiger partial charge < -0.3 is 20.3 Å². The summed E-state index contributed by atoms with van der Waals surface area (Å²) in [6, 6.07) is 13.9. The molecule has 1 fully saturated rings. The second kappa shape index (κ2) is 8.87. The third-order valence-corrected chi connectivity index (χ3v) is 6.18. The van der Waals surface area contributed by atoms with Gasteiger partial charge >= 0.3 is 0 Å². The molecule has 2 aliphatic heterocycles. The van der Waals surface area contributed by atoms with Crippen molar-refractivity contribution in [3.8, 4) is 5.75 Å². The minimum atomic E-state index is -0.273. The van der Waals surface area contributed by atoms with Crippen LogP contribution in [0, 0.1) is 6.92 Å². The van der Waals surface area contributed by atoms with Gasteiger partial charge in [0, 0.05) is 36.3 Å². The molecule has 2 aliphatic rings. The van der Waals surface area contributed by atoms with Crippen molar-refractivity contribution in [2.75, 3.05) is 18.4 Å². The number of ether oxygens (including phenoxy) is 1. The molecule has 1 atom stereocenters. The van der Waals surface area contributed by atoms with E-state index in [2.05, 4.69) is 49.6 Å². The van der Waals surface area contributed by atoms with Crippen LogP contribution in [0.2, 0.25) is 0 Å². The van der Waals surface area contributed by atoms with Crippen LogP contribution >= 0.6 is 12.2 Å². The van der Waals surface area contributed by atoms with Crippen LogP contribution in [0.4, 0.5) is 5.69 Å². The maximum absolute atomic E-state index is 12.7. The summed E-state index contributed by atoms with van der Waals surface area (Å²) in [4.78, 5) is 14.6. The van der Waals surface area contributed by atoms with Gasteiger partial charge in [0.25, 0.3) is 5.91 Å². The molecule has 0 radical (unpaired) electrons. The first-order valence-electron chi connectivity index (χ1n) is 11.1. The fourth-order valence-electron chi connectivity index (χ4n) is 4.39. The summed E-state index contributed by atoms with van der Waals surface area (Å²) in [5, 5.41) is 7.27. The molecule has 0 unspecified atom stereocenters. The average Bonchev–Trinajstić information content (AvgIpc) is 2.73. The highest BCUT2D eigenvalue weighted by Crippen LogP contribution is 2.39. The van der Waals surface area contributed by atoms with E-state index < -0.39 is 0 Å². The Balaban J connectivity index is 1.40. The third kappa shape index (κ3) is 5.18. The monoisotopic (exact) mass is 437 g/mol. The molecule has 1 amide bonds. The lowest BCUT2D eigenvalue weighted by Crippen LogP contribution is -2.42. The van der Waals surface area contributed by atoms with E-state index in [9.17, 15) is 4.79 Å². The van der Waals surface area contributed by atoms with Crippen LogP contribution in [-0.2, 0) is 0 Å². The van der Waals surface area contributed by atoms with Crippen molar-refractivity contribution in [1.29, 1.82) is 0 Å². The molecule has 31 heavy (non-hydrogen) atoms. The number of likely N-dealkylation sites (tertiary alicyclic amines) is 1. The Morgan fingerprint density at radius 1 is 1.10 bits per heavy atom. The predicted molar refractivity (Wildman–Crippen MR) is 129 cm³/mol. The molecule has 2 aromatic rings. The Hall–Kier alpha value is -2.60. The Morgan fingerprint density at radius 3 is 2.52 bits per heavy atom. The number of piperidine rings is 1. The van der Waals surface area contributed by atoms with Gasteiger partial charge in [-0.15, -0.1) is 0 Å². The summed E-state index contributed by atoms with van der Waals surface area (Å²) >= 11 is 5.60. The van der Waals surface area contributed by atoms with Gasteiger partial charge in [-0.2, -0.15) is 0 Å². The molecule has 2 N–H and O–H groups in total. The van der Waals surface area contributed by atoms with Crippen molar-refractivity contribution >= 4 is 28.9 Å². The molecule has 2 heterocycles. The molecule has 0 spiro atoms. The number of hydrogen-bond donors (Lipinski definition) is 2. The van der Waals surface area contributed by atoms with Crippen molar-refractivity contribution in [2.45, 2.75) is 58.1 Å². The largest absolute Gasteiger partial charge is 0.487 e. The van der Waals surface area contributed by atoms with E-state index in [1.165, 1.54) is 12.0 Å². The Morgan fingerprint density at radius 2 is 1.81 bits per heavy atom. The van der Waals surface area contributed by atoms with Gasteiger partial charge in [-0.25, -0.2) is 0 Å². The summed E-state index contributed by atoms with van der Waals surface area (Å²) in [7, 11) is 0. The number of carbonyl (C=O) groups excluding carboxylic acids is 1. The number of nitrogens with zero attached hydrogens (tertiary/aromatic N) is 1. The summed E-state index contributed by atoms with van der Waals surface area (Å²) in [5.41, 5.74) is 3.61. The van der Waals surface area contributed by atoms with Crippen molar-refractivity contribution in [1.82, 2.24) is 10.2 Å². The lowest BCUT2D eigenvalue weighted by molar-refractivity contribution is 0.0695. The Labute approximate surface area is 190 Å². The first-order valence-corrected chi connectivity index (χ1v) is 11.5. The summed E-state index contributed by atoms with van der Waals surface area (Å²) in [6.45, 7) is 7.98. The van der Waals surface area contributed by atoms with Crippen molar-refractivity contribution in [3.05, 3.63) is 59.2 Å². The number of benzene rings is 2. The van der Waals surface area contributed by atoms with Crippen molar-refractivity contribution in [3.63, 3.8) is 0 Å². The summed E-state index contributed by atoms with van der Waals surface area (Å²) < 4.78 is 6.18. The highest BCUT2D eigenvalue weighted by Gasteiger charge is 2.34. The molecule has 0 aromatic heterocycles. The number of thiocarbonyl (C=S) groups is 1. The highest BCUT2D eigenvalue weighted by atomic mass is 32.1. The van der Waals surface area contributed by atoms with E-state index in [1.807, 2.05) is 29.2 Å². The van der Waals surface area contributed by atoms with Gasteiger partial charge in [-0.05, 0) is 88.1 Å². The zero-order valence-corrected chi connectivity index (χ0v) is 19.3. The molecule has 4 rings (SSSR count). The third-order valence-electron chi connectivity index (χ3n) is 5.96. The van der Waals surface area contributed by atoms with Crippen LogP contribution in [0.3, 0.4) is 0 Å². The van der Waals surface area contributed by atoms with Crippen LogP contribution in [-0.4, -0.2) is 34.6 Å². The van der Waals surface area contributed by atoms with Gasteiger partial charge in [0.05, 0.1) is 6.04 Å². The van der Waals surface area contributed by atoms with Gasteiger partial charge in [-0.3, -0.25) is 4.79 Å². The highest BCUT2D eigenvalue weighted by molar-refractivity contribution is 7.80. The molecule has 0 saturated carbocycles. The maximum Gasteiger partial charge on any atom is 0.253 e. The minimum Gasteiger partial charge on any atom is -0.487 e. The lowest BCUT2D eigenvalue weighted by atomic mass is 9.89. The molecular formula is C25H31N3O2S. The van der Waals surface area contributed by atoms with Gasteiger partial charge in [0.1, 0.15) is 11.4 Å². The van der Waals surface area contributed by atoms with E-state index in [1.54, 1.807) is 0 Å². The fourth-order valence-corrected chi connectivity index (χ4v) is 4.65. The van der Waals surface area contributed by atoms with Crippen molar-refractivity contribution in [2.24, 2.45) is 0 Å². The SMILES string of the molecule is Cc1ccc2c(c1)OC(C)(C)C[C@H]2NC(=S)Nc1ccc(C(=O)N2CCCCC2)cc1. The first-order chi connectivity index (χ1) is 14.8. The number of fused-ring (bicyclic) bond motifs is 1. The van der Waals surface area contributed by atoms with Crippen LogP contribution in [0.25, 0.3) is 0 Å². The van der Waals surface area contributed by atoms with Gasteiger partial charge in [0.15, 0.2) is 5.11 Å². The second-order valence-corrected chi connectivity index (χ2v) is 9.60. The zero-order chi connectivity index (χ0) is 22.0. The van der Waals surface area contributed by atoms with Crippen LogP contribution in [0.5, 0.6) is 5.75 Å². The number of rotatable bonds is 3. The first kappa shape index (κ1) is 21.6. The van der Waals surface area contributed by atoms with E-state index in [-0.39, 0.29) is 17.6 Å². The van der Waals surface area contributed by atoms with Crippen LogP contribution in [0.15, 0.2) is 42.5 Å². The lowest BCUT2D eigenvalue weighted by Gasteiger charge is -2.38. The minimum absolute atomic E-state index is 0.0688. The molecule has 6 heteroatoms. The predicted octanol–water partition coefficient (Wildman–Crippen LogP) is 5.21. The second-order valence-electron chi connectivity index (χ2n) is 9.19. The standard InChI is InChI=1S/C25H31N3O2S/c1-17-7-12-20-21(16-25(2,3)30-22(20)15-17)27-24(31)26-19-10-8-18(9-11-19)23(29)28-13-5-4-6-14-28/h7-12,15,21H,4-6,13-14,16H2,1-3H3,(H2,26,27,31)/t21-/m1/s1. The summed E-state index contributed by atoms with van der Waals surface area (Å²) in [6.07, 6.45) is 4.22. The normalized spacial score (nSPS) is 19.7. The van der Waals surface area contributed by atoms with Gasteiger partial charge in [-0.1, -0.05) is 12.1 Å². The molecule has 0 aliphatic carbocycles. The quantitative estimate of drug-likeness (QED) is 0.646. The Kier molecular flexibility index (Phi) is 6.19. The maximum atomic E-state index is 12.7. The zero-order valence-electron chi connectivity index (χ0n) is 18.5. The molecule has 2 aromatic carbocycles. The summed E-state index contributed by atoms with van der Waals surface area (Å²) in [5.74, 6) is 1.03. The van der Waals surface area contributed by atoms with Gasteiger partial charge in [0.2, 0.25) is 0 Å². The van der Waals surface area contributed by atoms with Crippen molar-refractivity contribution < 1.29 is 9.53 Å². The molecule has 1 saturated heterocycles. The van der Waals surface area contributed by atoms with E-state index >= 15 is 0 Å². The van der Waals surface area contributed by atoms with Crippen LogP contribution < -0.4 is 15.4 Å². The smallest absolute Gasteiger partial charge is 0.253 e. The van der Waals surface area contributed by atoms with E-state index in [4.69, 9.17) is 17.0 Å². The number of aryl methyl sites for hydroxylation is 1. The van der Waals surface area contributed by atoms with E-state index in [0.29, 0.717) is 5.11 Å². The Bertz CT molecular complexity index is 965. The topological polar surface area (TPSA) is 53.6 Å². The molecule has 164 valence electrons. The number of amides is 1. The molecule has 5 nitrogen and oxygen atoms in total. The number of carbonyl (C=O) groups is 1. The molecule has 0 bridgehead atoms. The number of anilines is 1. The fraction of sp³-hybridized carbons (Fsp3) is 0.440. The number of hydrogen-bond acceptors (Lipinski definition) is 3. The number of nitrogens with one attached hydrogen (secondary N) is 2. The molecular weight excluding hydrogens is 406 g/mol. The van der Waals surface area contributed by atoms with E-state index in [0.717, 1.165) is 54.9 Å². The van der Waals surface area contributed by atoms with Crippen LogP contribution in [0.1, 0.15) is 67.1 Å².